The zero-order valence-corrected chi connectivity index (χ0v) is 12.7. The second kappa shape index (κ2) is 6.46. The van der Waals surface area contributed by atoms with Crippen molar-refractivity contribution in [2.24, 2.45) is 0 Å². The van der Waals surface area contributed by atoms with E-state index < -0.39 is 0 Å². The van der Waals surface area contributed by atoms with E-state index in [-0.39, 0.29) is 22.7 Å². The van der Waals surface area contributed by atoms with E-state index >= 15 is 0 Å². The molecular weight excluding hydrogens is 276 g/mol. The van der Waals surface area contributed by atoms with Gasteiger partial charge in [0.1, 0.15) is 5.75 Å². The van der Waals surface area contributed by atoms with E-state index in [1.54, 1.807) is 6.07 Å². The van der Waals surface area contributed by atoms with Crippen molar-refractivity contribution in [2.75, 3.05) is 13.1 Å². The van der Waals surface area contributed by atoms with Gasteiger partial charge < -0.3 is 15.3 Å². The predicted molar refractivity (Wildman–Crippen MR) is 80.3 cm³/mol. The van der Waals surface area contributed by atoms with Gasteiger partial charge in [0, 0.05) is 24.2 Å². The van der Waals surface area contributed by atoms with Crippen molar-refractivity contribution in [3.05, 3.63) is 28.8 Å². The van der Waals surface area contributed by atoms with Gasteiger partial charge in [-0.15, -0.1) is 0 Å². The normalized spacial score (nSPS) is 18.5. The summed E-state index contributed by atoms with van der Waals surface area (Å²) in [5.41, 5.74) is 0.513. The Morgan fingerprint density at radius 2 is 2.30 bits per heavy atom. The van der Waals surface area contributed by atoms with Crippen LogP contribution in [0.25, 0.3) is 0 Å². The van der Waals surface area contributed by atoms with Crippen LogP contribution in [0.4, 0.5) is 0 Å². The van der Waals surface area contributed by atoms with Gasteiger partial charge in [-0.1, -0.05) is 11.6 Å². The van der Waals surface area contributed by atoms with E-state index in [2.05, 4.69) is 5.32 Å². The molecular formula is C15H21ClN2O2. The highest BCUT2D eigenvalue weighted by Gasteiger charge is 2.24. The van der Waals surface area contributed by atoms with Gasteiger partial charge in [0.2, 0.25) is 0 Å². The molecule has 1 amide bonds. The number of hydrogen-bond acceptors (Lipinski definition) is 3. The lowest BCUT2D eigenvalue weighted by molar-refractivity contribution is 0.0689. The number of hydrogen-bond donors (Lipinski definition) is 2. The minimum absolute atomic E-state index is 0.00299. The lowest BCUT2D eigenvalue weighted by atomic mass is 10.1. The van der Waals surface area contributed by atoms with Crippen molar-refractivity contribution in [3.63, 3.8) is 0 Å². The molecule has 1 unspecified atom stereocenters. The smallest absolute Gasteiger partial charge is 0.254 e. The molecule has 1 aliphatic heterocycles. The number of aromatic hydroxyl groups is 1. The molecule has 1 fully saturated rings. The van der Waals surface area contributed by atoms with E-state index in [0.717, 1.165) is 19.4 Å². The molecule has 2 rings (SSSR count). The molecule has 0 bridgehead atoms. The number of benzene rings is 1. The zero-order valence-electron chi connectivity index (χ0n) is 11.9. The van der Waals surface area contributed by atoms with Gasteiger partial charge in [-0.2, -0.15) is 0 Å². The Bertz CT molecular complexity index is 485. The molecule has 1 aromatic carbocycles. The van der Waals surface area contributed by atoms with Crippen LogP contribution in [0.5, 0.6) is 5.75 Å². The van der Waals surface area contributed by atoms with Crippen LogP contribution in [-0.2, 0) is 0 Å². The van der Waals surface area contributed by atoms with Gasteiger partial charge in [0.05, 0.1) is 5.02 Å². The number of halogens is 1. The average molecular weight is 297 g/mol. The molecule has 1 heterocycles. The highest BCUT2D eigenvalue weighted by Crippen LogP contribution is 2.25. The maximum Gasteiger partial charge on any atom is 0.254 e. The number of nitrogens with zero attached hydrogens (tertiary/aromatic N) is 1. The van der Waals surface area contributed by atoms with Crippen molar-refractivity contribution in [2.45, 2.75) is 38.8 Å². The molecule has 1 saturated heterocycles. The van der Waals surface area contributed by atoms with Gasteiger partial charge in [-0.25, -0.2) is 0 Å². The van der Waals surface area contributed by atoms with E-state index in [1.807, 2.05) is 18.7 Å². The van der Waals surface area contributed by atoms with Gasteiger partial charge in [0.25, 0.3) is 5.91 Å². The number of phenols is 1. The fourth-order valence-corrected chi connectivity index (χ4v) is 2.66. The monoisotopic (exact) mass is 296 g/mol. The van der Waals surface area contributed by atoms with Crippen LogP contribution in [0.15, 0.2) is 18.2 Å². The molecule has 110 valence electrons. The molecule has 5 heteroatoms. The Labute approximate surface area is 124 Å². The van der Waals surface area contributed by atoms with E-state index in [0.29, 0.717) is 18.2 Å². The van der Waals surface area contributed by atoms with Crippen LogP contribution in [0.3, 0.4) is 0 Å². The number of rotatable bonds is 4. The third kappa shape index (κ3) is 3.44. The summed E-state index contributed by atoms with van der Waals surface area (Å²) >= 11 is 5.88. The highest BCUT2D eigenvalue weighted by atomic mass is 35.5. The summed E-state index contributed by atoms with van der Waals surface area (Å²) < 4.78 is 0. The van der Waals surface area contributed by atoms with E-state index in [1.165, 1.54) is 12.1 Å². The minimum atomic E-state index is -0.0457. The van der Waals surface area contributed by atoms with Crippen LogP contribution in [0, 0.1) is 0 Å². The Morgan fingerprint density at radius 1 is 1.55 bits per heavy atom. The zero-order chi connectivity index (χ0) is 14.7. The number of carbonyl (C=O) groups is 1. The van der Waals surface area contributed by atoms with Crippen molar-refractivity contribution < 1.29 is 9.90 Å². The third-order valence-corrected chi connectivity index (χ3v) is 3.96. The largest absolute Gasteiger partial charge is 0.506 e. The van der Waals surface area contributed by atoms with Crippen LogP contribution < -0.4 is 5.32 Å². The Kier molecular flexibility index (Phi) is 4.89. The molecule has 1 atom stereocenters. The summed E-state index contributed by atoms with van der Waals surface area (Å²) in [4.78, 5) is 14.4. The molecule has 2 N–H and O–H groups in total. The second-order valence-electron chi connectivity index (χ2n) is 5.51. The highest BCUT2D eigenvalue weighted by molar-refractivity contribution is 6.32. The quantitative estimate of drug-likeness (QED) is 0.898. The van der Waals surface area contributed by atoms with Crippen molar-refractivity contribution in [1.82, 2.24) is 10.2 Å². The first-order chi connectivity index (χ1) is 9.49. The first kappa shape index (κ1) is 15.1. The van der Waals surface area contributed by atoms with Gasteiger partial charge in [-0.3, -0.25) is 4.79 Å². The summed E-state index contributed by atoms with van der Waals surface area (Å²) in [5, 5.41) is 13.1. The lowest BCUT2D eigenvalue weighted by Gasteiger charge is -2.29. The van der Waals surface area contributed by atoms with Crippen LogP contribution >= 0.6 is 11.6 Å². The SMILES string of the molecule is CC(C)N(CC1CCCN1)C(=O)c1ccc(O)c(Cl)c1. The number of phenolic OH excluding ortho intramolecular Hbond substituents is 1. The fraction of sp³-hybridized carbons (Fsp3) is 0.533. The number of nitrogens with one attached hydrogen (secondary N) is 1. The maximum absolute atomic E-state index is 12.6. The summed E-state index contributed by atoms with van der Waals surface area (Å²) in [6.45, 7) is 5.74. The standard InChI is InChI=1S/C15H21ClN2O2/c1-10(2)18(9-12-4-3-7-17-12)15(20)11-5-6-14(19)13(16)8-11/h5-6,8,10,12,17,19H,3-4,7,9H2,1-2H3. The first-order valence-corrected chi connectivity index (χ1v) is 7.39. The van der Waals surface area contributed by atoms with Gasteiger partial charge >= 0.3 is 0 Å². The summed E-state index contributed by atoms with van der Waals surface area (Å²) in [5.74, 6) is -0.0487. The molecule has 20 heavy (non-hydrogen) atoms. The molecule has 0 aliphatic carbocycles. The summed E-state index contributed by atoms with van der Waals surface area (Å²) in [6.07, 6.45) is 2.27. The molecule has 1 aromatic rings. The van der Waals surface area contributed by atoms with Crippen LogP contribution in [0.2, 0.25) is 5.02 Å². The van der Waals surface area contributed by atoms with Crippen molar-refractivity contribution in [1.29, 1.82) is 0 Å². The lowest BCUT2D eigenvalue weighted by Crippen LogP contribution is -2.44. The molecule has 0 saturated carbocycles. The third-order valence-electron chi connectivity index (χ3n) is 3.66. The minimum Gasteiger partial charge on any atom is -0.506 e. The molecule has 4 nitrogen and oxygen atoms in total. The average Bonchev–Trinajstić information content (AvgIpc) is 2.91. The molecule has 1 aliphatic rings. The van der Waals surface area contributed by atoms with Crippen molar-refractivity contribution >= 4 is 17.5 Å². The molecule has 0 aromatic heterocycles. The summed E-state index contributed by atoms with van der Waals surface area (Å²) in [6, 6.07) is 5.09. The first-order valence-electron chi connectivity index (χ1n) is 7.02. The maximum atomic E-state index is 12.6. The Hall–Kier alpha value is -1.26. The van der Waals surface area contributed by atoms with Gasteiger partial charge in [0.15, 0.2) is 0 Å². The topological polar surface area (TPSA) is 52.6 Å². The van der Waals surface area contributed by atoms with Gasteiger partial charge in [-0.05, 0) is 51.4 Å². The Balaban J connectivity index is 2.15. The van der Waals surface area contributed by atoms with Crippen LogP contribution in [-0.4, -0.2) is 41.1 Å². The summed E-state index contributed by atoms with van der Waals surface area (Å²) in [7, 11) is 0. The predicted octanol–water partition coefficient (Wildman–Crippen LogP) is 2.65. The molecule has 0 radical (unpaired) electrons. The number of carbonyl (C=O) groups excluding carboxylic acids is 1. The second-order valence-corrected chi connectivity index (χ2v) is 5.92. The fourth-order valence-electron chi connectivity index (χ4n) is 2.48. The van der Waals surface area contributed by atoms with Crippen LogP contribution in [0.1, 0.15) is 37.0 Å². The molecule has 0 spiro atoms. The van der Waals surface area contributed by atoms with E-state index in [4.69, 9.17) is 11.6 Å². The van der Waals surface area contributed by atoms with Crippen molar-refractivity contribution in [3.8, 4) is 5.75 Å². The number of amides is 1. The van der Waals surface area contributed by atoms with E-state index in [9.17, 15) is 9.90 Å². The Morgan fingerprint density at radius 3 is 2.85 bits per heavy atom.